The van der Waals surface area contributed by atoms with E-state index in [4.69, 9.17) is 0 Å². The van der Waals surface area contributed by atoms with Gasteiger partial charge in [-0.25, -0.2) is 12.8 Å². The average Bonchev–Trinajstić information content (AvgIpc) is 2.90. The molecule has 1 N–H and O–H groups in total. The number of aryl methyl sites for hydroxylation is 1. The van der Waals surface area contributed by atoms with Crippen LogP contribution in [-0.4, -0.2) is 49.8 Å². The van der Waals surface area contributed by atoms with Crippen LogP contribution < -0.4 is 9.62 Å². The molecule has 0 saturated heterocycles. The molecule has 0 fully saturated rings. The molecule has 3 aromatic carbocycles. The molecule has 0 spiro atoms. The Morgan fingerprint density at radius 1 is 0.925 bits per heavy atom. The minimum atomic E-state index is -4.24. The first-order valence-electron chi connectivity index (χ1n) is 13.3. The monoisotopic (exact) mass is 567 g/mol. The molecule has 214 valence electrons. The van der Waals surface area contributed by atoms with Crippen molar-refractivity contribution in [1.82, 2.24) is 10.2 Å². The molecule has 0 aromatic heterocycles. The molecule has 7 nitrogen and oxygen atoms in total. The van der Waals surface area contributed by atoms with Gasteiger partial charge in [0, 0.05) is 12.1 Å². The maximum absolute atomic E-state index is 14.0. The number of nitrogens with one attached hydrogen (secondary N) is 1. The summed E-state index contributed by atoms with van der Waals surface area (Å²) in [6.07, 6.45) is 0.832. The number of halogens is 1. The van der Waals surface area contributed by atoms with Crippen molar-refractivity contribution in [2.45, 2.75) is 63.9 Å². The molecule has 0 aliphatic heterocycles. The van der Waals surface area contributed by atoms with Crippen LogP contribution in [0.1, 0.15) is 45.2 Å². The van der Waals surface area contributed by atoms with Crippen LogP contribution in [0.15, 0.2) is 83.8 Å². The van der Waals surface area contributed by atoms with E-state index in [-0.39, 0.29) is 17.3 Å². The first-order valence-corrected chi connectivity index (χ1v) is 14.8. The van der Waals surface area contributed by atoms with Gasteiger partial charge in [0.1, 0.15) is 18.4 Å². The molecule has 3 aromatic rings. The van der Waals surface area contributed by atoms with Gasteiger partial charge in [-0.15, -0.1) is 0 Å². The number of hydrogen-bond donors (Lipinski definition) is 1. The topological polar surface area (TPSA) is 86.8 Å². The van der Waals surface area contributed by atoms with Crippen LogP contribution in [0.5, 0.6) is 0 Å². The zero-order valence-electron chi connectivity index (χ0n) is 23.7. The molecular weight excluding hydrogens is 529 g/mol. The van der Waals surface area contributed by atoms with Crippen LogP contribution in [0, 0.1) is 12.7 Å². The fourth-order valence-electron chi connectivity index (χ4n) is 4.32. The van der Waals surface area contributed by atoms with Crippen LogP contribution in [0.3, 0.4) is 0 Å². The van der Waals surface area contributed by atoms with Crippen LogP contribution >= 0.6 is 0 Å². The SMILES string of the molecule is CC[C@@H](C(=O)NC(C)(C)C)N(CCc1ccccc1)C(=O)CN(c1ccc(C)cc1)S(=O)(=O)c1ccc(F)cc1. The van der Waals surface area contributed by atoms with Gasteiger partial charge in [-0.1, -0.05) is 55.0 Å². The molecule has 2 amide bonds. The van der Waals surface area contributed by atoms with Crippen molar-refractivity contribution in [2.24, 2.45) is 0 Å². The summed E-state index contributed by atoms with van der Waals surface area (Å²) in [7, 11) is -4.24. The second kappa shape index (κ2) is 13.1. The molecule has 3 rings (SSSR count). The number of nitrogens with zero attached hydrogens (tertiary/aromatic N) is 2. The summed E-state index contributed by atoms with van der Waals surface area (Å²) in [5.74, 6) is -1.39. The summed E-state index contributed by atoms with van der Waals surface area (Å²) >= 11 is 0. The van der Waals surface area contributed by atoms with Gasteiger partial charge >= 0.3 is 0 Å². The lowest BCUT2D eigenvalue weighted by molar-refractivity contribution is -0.140. The third-order valence-electron chi connectivity index (χ3n) is 6.37. The van der Waals surface area contributed by atoms with E-state index >= 15 is 0 Å². The summed E-state index contributed by atoms with van der Waals surface area (Å²) in [5.41, 5.74) is 1.68. The zero-order valence-corrected chi connectivity index (χ0v) is 24.5. The molecule has 0 saturated carbocycles. The number of amides is 2. The first kappa shape index (κ1) is 30.8. The van der Waals surface area contributed by atoms with Crippen LogP contribution in [0.4, 0.5) is 10.1 Å². The molecular formula is C31H38FN3O4S. The highest BCUT2D eigenvalue weighted by molar-refractivity contribution is 7.92. The second-order valence-corrected chi connectivity index (χ2v) is 12.6. The largest absolute Gasteiger partial charge is 0.350 e. The van der Waals surface area contributed by atoms with Crippen molar-refractivity contribution in [2.75, 3.05) is 17.4 Å². The fraction of sp³-hybridized carbons (Fsp3) is 0.355. The predicted molar refractivity (Wildman–Crippen MR) is 156 cm³/mol. The quantitative estimate of drug-likeness (QED) is 0.350. The Morgan fingerprint density at radius 3 is 2.08 bits per heavy atom. The third kappa shape index (κ3) is 8.14. The van der Waals surface area contributed by atoms with Crippen LogP contribution in [-0.2, 0) is 26.0 Å². The highest BCUT2D eigenvalue weighted by Gasteiger charge is 2.34. The Morgan fingerprint density at radius 2 is 1.52 bits per heavy atom. The van der Waals surface area contributed by atoms with Gasteiger partial charge in [0.2, 0.25) is 11.8 Å². The number of sulfonamides is 1. The normalized spacial score (nSPS) is 12.4. The van der Waals surface area contributed by atoms with E-state index in [2.05, 4.69) is 5.32 Å². The number of benzene rings is 3. The van der Waals surface area contributed by atoms with Gasteiger partial charge in [0.25, 0.3) is 10.0 Å². The van der Waals surface area contributed by atoms with Crippen molar-refractivity contribution in [3.63, 3.8) is 0 Å². The average molecular weight is 568 g/mol. The summed E-state index contributed by atoms with van der Waals surface area (Å²) in [6.45, 7) is 8.97. The highest BCUT2D eigenvalue weighted by atomic mass is 32.2. The molecule has 0 aliphatic carbocycles. The summed E-state index contributed by atoms with van der Waals surface area (Å²) < 4.78 is 42.2. The molecule has 0 unspecified atom stereocenters. The number of hydrogen-bond acceptors (Lipinski definition) is 4. The molecule has 0 heterocycles. The second-order valence-electron chi connectivity index (χ2n) is 10.8. The van der Waals surface area contributed by atoms with E-state index < -0.39 is 39.9 Å². The van der Waals surface area contributed by atoms with E-state index in [1.54, 1.807) is 24.3 Å². The molecule has 0 radical (unpaired) electrons. The zero-order chi connectivity index (χ0) is 29.5. The molecule has 9 heteroatoms. The maximum Gasteiger partial charge on any atom is 0.264 e. The van der Waals surface area contributed by atoms with E-state index in [9.17, 15) is 22.4 Å². The van der Waals surface area contributed by atoms with Crippen LogP contribution in [0.2, 0.25) is 0 Å². The molecule has 0 bridgehead atoms. The van der Waals surface area contributed by atoms with Gasteiger partial charge in [-0.2, -0.15) is 0 Å². The van der Waals surface area contributed by atoms with Crippen molar-refractivity contribution in [3.05, 3.63) is 95.8 Å². The molecule has 0 aliphatic rings. The maximum atomic E-state index is 14.0. The van der Waals surface area contributed by atoms with Crippen molar-refractivity contribution in [3.8, 4) is 0 Å². The Bertz CT molecular complexity index is 1390. The number of carbonyl (C=O) groups is 2. The predicted octanol–water partition coefficient (Wildman–Crippen LogP) is 5.09. The summed E-state index contributed by atoms with van der Waals surface area (Å²) in [5, 5.41) is 2.96. The Balaban J connectivity index is 2.01. The smallest absolute Gasteiger partial charge is 0.264 e. The van der Waals surface area contributed by atoms with Crippen molar-refractivity contribution < 1.29 is 22.4 Å². The standard InChI is InChI=1S/C31H38FN3O4S/c1-6-28(30(37)33-31(3,4)5)34(21-20-24-10-8-7-9-11-24)29(36)22-35(26-16-12-23(2)13-17-26)40(38,39)27-18-14-25(32)15-19-27/h7-19,28H,6,20-22H2,1-5H3,(H,33,37)/t28-/m0/s1. The van der Waals surface area contributed by atoms with Crippen LogP contribution in [0.25, 0.3) is 0 Å². The highest BCUT2D eigenvalue weighted by Crippen LogP contribution is 2.25. The Hall–Kier alpha value is -3.72. The van der Waals surface area contributed by atoms with Crippen molar-refractivity contribution in [1.29, 1.82) is 0 Å². The van der Waals surface area contributed by atoms with Gasteiger partial charge in [-0.3, -0.25) is 13.9 Å². The van der Waals surface area contributed by atoms with Crippen molar-refractivity contribution >= 4 is 27.5 Å². The summed E-state index contributed by atoms with van der Waals surface area (Å²) in [4.78, 5) is 28.6. The number of carbonyl (C=O) groups excluding carboxylic acids is 2. The van der Waals surface area contributed by atoms with Gasteiger partial charge in [-0.05, 0) is 82.5 Å². The fourth-order valence-corrected chi connectivity index (χ4v) is 5.74. The minimum Gasteiger partial charge on any atom is -0.350 e. The van der Waals surface area contributed by atoms with Gasteiger partial charge in [0.05, 0.1) is 10.6 Å². The molecule has 1 atom stereocenters. The van der Waals surface area contributed by atoms with Gasteiger partial charge in [0.15, 0.2) is 0 Å². The lowest BCUT2D eigenvalue weighted by Gasteiger charge is -2.34. The Labute approximate surface area is 237 Å². The molecule has 40 heavy (non-hydrogen) atoms. The number of rotatable bonds is 11. The number of anilines is 1. The Kier molecular flexibility index (Phi) is 10.1. The van der Waals surface area contributed by atoms with E-state index in [1.807, 2.05) is 65.0 Å². The van der Waals surface area contributed by atoms with E-state index in [1.165, 1.54) is 17.0 Å². The summed E-state index contributed by atoms with van der Waals surface area (Å²) in [6, 6.07) is 20.0. The third-order valence-corrected chi connectivity index (χ3v) is 8.16. The van der Waals surface area contributed by atoms with E-state index in [0.29, 0.717) is 18.5 Å². The lowest BCUT2D eigenvalue weighted by atomic mass is 10.1. The first-order chi connectivity index (χ1) is 18.8. The lowest BCUT2D eigenvalue weighted by Crippen LogP contribution is -2.56. The van der Waals surface area contributed by atoms with Gasteiger partial charge < -0.3 is 10.2 Å². The van der Waals surface area contributed by atoms with E-state index in [0.717, 1.165) is 27.6 Å². The minimum absolute atomic E-state index is 0.143.